The summed E-state index contributed by atoms with van der Waals surface area (Å²) in [6, 6.07) is 18.3. The normalized spacial score (nSPS) is 10.6. The fourth-order valence-corrected chi connectivity index (χ4v) is 2.61. The van der Waals surface area contributed by atoms with Crippen molar-refractivity contribution in [2.75, 3.05) is 19.5 Å². The molecule has 7 heteroatoms. The van der Waals surface area contributed by atoms with Crippen molar-refractivity contribution in [2.24, 2.45) is 5.10 Å². The second-order valence-corrected chi connectivity index (χ2v) is 5.82. The van der Waals surface area contributed by atoms with Gasteiger partial charge in [0.15, 0.2) is 0 Å². The van der Waals surface area contributed by atoms with Crippen LogP contribution in [0.3, 0.4) is 0 Å². The molecule has 0 saturated carbocycles. The van der Waals surface area contributed by atoms with Crippen molar-refractivity contribution >= 4 is 34.5 Å². The lowest BCUT2D eigenvalue weighted by Crippen LogP contribution is -2.32. The number of nitrogens with zero attached hydrogens (tertiary/aromatic N) is 1. The summed E-state index contributed by atoms with van der Waals surface area (Å²) in [4.78, 5) is 24.1. The van der Waals surface area contributed by atoms with Crippen molar-refractivity contribution in [3.05, 3.63) is 66.2 Å². The number of hydrogen-bond donors (Lipinski definition) is 2. The summed E-state index contributed by atoms with van der Waals surface area (Å²) in [5, 5.41) is 8.38. The third kappa shape index (κ3) is 4.45. The molecule has 3 aromatic rings. The SMILES string of the molecule is COc1ccc(OC)c(/C=N/NC(=O)C(=O)Nc2ccc3ccccc3c2)c1. The van der Waals surface area contributed by atoms with Crippen molar-refractivity contribution in [3.8, 4) is 11.5 Å². The predicted octanol–water partition coefficient (Wildman–Crippen LogP) is 2.95. The minimum atomic E-state index is -0.883. The largest absolute Gasteiger partial charge is 0.497 e. The van der Waals surface area contributed by atoms with Crippen LogP contribution < -0.4 is 20.2 Å². The number of anilines is 1. The highest BCUT2D eigenvalue weighted by molar-refractivity contribution is 6.39. The Morgan fingerprint density at radius 3 is 2.43 bits per heavy atom. The number of hydrazone groups is 1. The van der Waals surface area contributed by atoms with Crippen LogP contribution in [-0.4, -0.2) is 32.2 Å². The molecule has 28 heavy (non-hydrogen) atoms. The van der Waals surface area contributed by atoms with E-state index in [1.165, 1.54) is 13.3 Å². The van der Waals surface area contributed by atoms with Crippen molar-refractivity contribution < 1.29 is 19.1 Å². The summed E-state index contributed by atoms with van der Waals surface area (Å²) >= 11 is 0. The molecule has 3 rings (SSSR count). The van der Waals surface area contributed by atoms with E-state index in [0.29, 0.717) is 22.7 Å². The van der Waals surface area contributed by atoms with Crippen LogP contribution in [0, 0.1) is 0 Å². The van der Waals surface area contributed by atoms with E-state index in [1.807, 2.05) is 30.3 Å². The van der Waals surface area contributed by atoms with Crippen molar-refractivity contribution in [1.29, 1.82) is 0 Å². The molecule has 0 atom stereocenters. The number of benzene rings is 3. The van der Waals surface area contributed by atoms with Gasteiger partial charge in [-0.15, -0.1) is 0 Å². The Labute approximate surface area is 162 Å². The Hall–Kier alpha value is -3.87. The fourth-order valence-electron chi connectivity index (χ4n) is 2.61. The summed E-state index contributed by atoms with van der Waals surface area (Å²) in [6.07, 6.45) is 1.38. The number of ether oxygens (including phenoxy) is 2. The predicted molar refractivity (Wildman–Crippen MR) is 108 cm³/mol. The molecule has 7 nitrogen and oxygen atoms in total. The molecule has 0 unspecified atom stereocenters. The van der Waals surface area contributed by atoms with Crippen LogP contribution >= 0.6 is 0 Å². The smallest absolute Gasteiger partial charge is 0.329 e. The van der Waals surface area contributed by atoms with Crippen LogP contribution in [0.5, 0.6) is 11.5 Å². The Morgan fingerprint density at radius 1 is 0.893 bits per heavy atom. The Kier molecular flexibility index (Phi) is 5.86. The monoisotopic (exact) mass is 377 g/mol. The molecule has 3 aromatic carbocycles. The zero-order chi connectivity index (χ0) is 19.9. The number of methoxy groups -OCH3 is 2. The molecule has 0 bridgehead atoms. The van der Waals surface area contributed by atoms with Gasteiger partial charge in [0.05, 0.1) is 20.4 Å². The van der Waals surface area contributed by atoms with E-state index >= 15 is 0 Å². The van der Waals surface area contributed by atoms with E-state index in [4.69, 9.17) is 9.47 Å². The first kappa shape index (κ1) is 18.9. The quantitative estimate of drug-likeness (QED) is 0.406. The molecule has 0 aliphatic carbocycles. The highest BCUT2D eigenvalue weighted by atomic mass is 16.5. The van der Waals surface area contributed by atoms with Gasteiger partial charge >= 0.3 is 11.8 Å². The van der Waals surface area contributed by atoms with Crippen LogP contribution in [0.15, 0.2) is 65.8 Å². The van der Waals surface area contributed by atoms with Gasteiger partial charge in [-0.1, -0.05) is 30.3 Å². The van der Waals surface area contributed by atoms with Crippen LogP contribution in [0.1, 0.15) is 5.56 Å². The average molecular weight is 377 g/mol. The lowest BCUT2D eigenvalue weighted by Gasteiger charge is -2.07. The average Bonchev–Trinajstić information content (AvgIpc) is 2.73. The number of rotatable bonds is 5. The molecule has 2 N–H and O–H groups in total. The molecule has 0 radical (unpaired) electrons. The number of carbonyl (C=O) groups is 2. The third-order valence-electron chi connectivity index (χ3n) is 4.02. The maximum atomic E-state index is 12.1. The molecule has 0 aliphatic heterocycles. The van der Waals surface area contributed by atoms with Gasteiger partial charge in [-0.2, -0.15) is 5.10 Å². The molecular weight excluding hydrogens is 358 g/mol. The number of fused-ring (bicyclic) bond motifs is 1. The van der Waals surface area contributed by atoms with Crippen LogP contribution in [0.2, 0.25) is 0 Å². The summed E-state index contributed by atoms with van der Waals surface area (Å²) < 4.78 is 10.4. The fraction of sp³-hybridized carbons (Fsp3) is 0.0952. The highest BCUT2D eigenvalue weighted by Gasteiger charge is 2.13. The van der Waals surface area contributed by atoms with E-state index < -0.39 is 11.8 Å². The molecule has 0 aromatic heterocycles. The number of hydrogen-bond acceptors (Lipinski definition) is 5. The first-order valence-corrected chi connectivity index (χ1v) is 8.46. The second-order valence-electron chi connectivity index (χ2n) is 5.82. The van der Waals surface area contributed by atoms with Gasteiger partial charge in [0.1, 0.15) is 11.5 Å². The number of nitrogens with one attached hydrogen (secondary N) is 2. The van der Waals surface area contributed by atoms with Gasteiger partial charge in [0.25, 0.3) is 0 Å². The van der Waals surface area contributed by atoms with Gasteiger partial charge in [0, 0.05) is 11.3 Å². The Bertz CT molecular complexity index is 1050. The van der Waals surface area contributed by atoms with Crippen LogP contribution in [0.25, 0.3) is 10.8 Å². The molecule has 2 amide bonds. The standard InChI is InChI=1S/C21H19N3O4/c1-27-18-9-10-19(28-2)16(12-18)13-22-24-21(26)20(25)23-17-8-7-14-5-3-4-6-15(14)11-17/h3-13H,1-2H3,(H,23,25)(H,24,26)/b22-13+. The summed E-state index contributed by atoms with van der Waals surface area (Å²) in [6.45, 7) is 0. The summed E-state index contributed by atoms with van der Waals surface area (Å²) in [7, 11) is 3.07. The minimum absolute atomic E-state index is 0.525. The van der Waals surface area contributed by atoms with Crippen molar-refractivity contribution in [1.82, 2.24) is 5.43 Å². The van der Waals surface area contributed by atoms with Gasteiger partial charge in [-0.05, 0) is 41.1 Å². The van der Waals surface area contributed by atoms with Crippen molar-refractivity contribution in [2.45, 2.75) is 0 Å². The maximum absolute atomic E-state index is 12.1. The first-order chi connectivity index (χ1) is 13.6. The first-order valence-electron chi connectivity index (χ1n) is 8.46. The molecule has 0 heterocycles. The molecule has 0 fully saturated rings. The zero-order valence-electron chi connectivity index (χ0n) is 15.4. The van der Waals surface area contributed by atoms with E-state index in [-0.39, 0.29) is 0 Å². The molecule has 0 saturated heterocycles. The van der Waals surface area contributed by atoms with Crippen molar-refractivity contribution in [3.63, 3.8) is 0 Å². The highest BCUT2D eigenvalue weighted by Crippen LogP contribution is 2.22. The lowest BCUT2D eigenvalue weighted by molar-refractivity contribution is -0.136. The topological polar surface area (TPSA) is 89.0 Å². The number of carbonyl (C=O) groups excluding carboxylic acids is 2. The molecule has 0 spiro atoms. The zero-order valence-corrected chi connectivity index (χ0v) is 15.4. The third-order valence-corrected chi connectivity index (χ3v) is 4.02. The lowest BCUT2D eigenvalue weighted by atomic mass is 10.1. The van der Waals surface area contributed by atoms with E-state index in [1.54, 1.807) is 37.4 Å². The van der Waals surface area contributed by atoms with E-state index in [9.17, 15) is 9.59 Å². The van der Waals surface area contributed by atoms with Crippen LogP contribution in [0.4, 0.5) is 5.69 Å². The molecule has 0 aliphatic rings. The summed E-state index contributed by atoms with van der Waals surface area (Å²) in [5.74, 6) is -0.529. The Balaban J connectivity index is 1.64. The van der Waals surface area contributed by atoms with Gasteiger partial charge in [-0.25, -0.2) is 5.43 Å². The minimum Gasteiger partial charge on any atom is -0.497 e. The van der Waals surface area contributed by atoms with E-state index in [2.05, 4.69) is 15.8 Å². The second kappa shape index (κ2) is 8.68. The molecule has 142 valence electrons. The van der Waals surface area contributed by atoms with Gasteiger partial charge < -0.3 is 14.8 Å². The number of amides is 2. The Morgan fingerprint density at radius 2 is 1.68 bits per heavy atom. The van der Waals surface area contributed by atoms with Gasteiger partial charge in [-0.3, -0.25) is 9.59 Å². The summed E-state index contributed by atoms with van der Waals surface area (Å²) in [5.41, 5.74) is 3.32. The maximum Gasteiger partial charge on any atom is 0.329 e. The van der Waals surface area contributed by atoms with Crippen LogP contribution in [-0.2, 0) is 9.59 Å². The van der Waals surface area contributed by atoms with Gasteiger partial charge in [0.2, 0.25) is 0 Å². The van der Waals surface area contributed by atoms with E-state index in [0.717, 1.165) is 10.8 Å². The molecular formula is C21H19N3O4.